The summed E-state index contributed by atoms with van der Waals surface area (Å²) in [6, 6.07) is 8.72. The Kier molecular flexibility index (Phi) is 15.2. The predicted molar refractivity (Wildman–Crippen MR) is 207 cm³/mol. The van der Waals surface area contributed by atoms with E-state index in [9.17, 15) is 14.4 Å². The van der Waals surface area contributed by atoms with Crippen LogP contribution in [-0.4, -0.2) is 125 Å². The van der Waals surface area contributed by atoms with Crippen molar-refractivity contribution in [1.82, 2.24) is 29.2 Å². The van der Waals surface area contributed by atoms with Crippen LogP contribution in [0.2, 0.25) is 0 Å². The normalized spacial score (nSPS) is 17.0. The third kappa shape index (κ3) is 11.2. The molecule has 13 nitrogen and oxygen atoms in total. The van der Waals surface area contributed by atoms with E-state index in [-0.39, 0.29) is 29.6 Å². The average Bonchev–Trinajstić information content (AvgIpc) is 3.64. The van der Waals surface area contributed by atoms with Crippen molar-refractivity contribution < 1.29 is 23.9 Å². The van der Waals surface area contributed by atoms with Crippen molar-refractivity contribution in [3.63, 3.8) is 0 Å². The molecule has 3 amide bonds. The minimum Gasteiger partial charge on any atom is -0.379 e. The molecule has 5 rings (SSSR count). The first kappa shape index (κ1) is 39.6. The number of carbonyl (C=O) groups is 3. The number of hydrogen-bond donors (Lipinski definition) is 2. The number of anilines is 2. The second-order valence-corrected chi connectivity index (χ2v) is 15.4. The summed E-state index contributed by atoms with van der Waals surface area (Å²) in [4.78, 5) is 51.4. The number of ether oxygens (including phenoxy) is 2. The molecule has 0 bridgehead atoms. The molecule has 14 heteroatoms. The molecular formula is C38H57N8O5P. The van der Waals surface area contributed by atoms with Gasteiger partial charge in [0.15, 0.2) is 5.82 Å². The van der Waals surface area contributed by atoms with Crippen molar-refractivity contribution in [3.8, 4) is 0 Å². The Bertz CT molecular complexity index is 1640. The molecule has 2 fully saturated rings. The molecule has 0 spiro atoms. The summed E-state index contributed by atoms with van der Waals surface area (Å²) in [5.41, 5.74) is 11.6. The molecule has 3 N–H and O–H groups in total. The molecule has 52 heavy (non-hydrogen) atoms. The molecular weight excluding hydrogens is 679 g/mol. The molecule has 0 radical (unpaired) electrons. The van der Waals surface area contributed by atoms with Gasteiger partial charge < -0.3 is 30.0 Å². The van der Waals surface area contributed by atoms with Crippen molar-refractivity contribution in [1.29, 1.82) is 0 Å². The third-order valence-electron chi connectivity index (χ3n) is 9.82. The van der Waals surface area contributed by atoms with Gasteiger partial charge in [0.25, 0.3) is 0 Å². The van der Waals surface area contributed by atoms with Crippen LogP contribution >= 0.6 is 8.58 Å². The largest absolute Gasteiger partial charge is 0.379 e. The number of aryl methyl sites for hydroxylation is 1. The number of carbonyl (C=O) groups excluding carboxylic acids is 3. The molecule has 2 aromatic heterocycles. The Balaban J connectivity index is 0.949. The lowest BCUT2D eigenvalue weighted by atomic mass is 10.0. The lowest BCUT2D eigenvalue weighted by Gasteiger charge is -2.35. The van der Waals surface area contributed by atoms with Gasteiger partial charge in [0.2, 0.25) is 23.7 Å². The standard InChI is InChI=1S/C38H57N8O5P/c1-4-5-6-11-40-36-35-32(41-38(39)42-36)9-12-45(35)27-31-8-7-30(24-28(31)2)26-43-13-15-44(16-14-43)33(47)10-18-50-19-20-51-21-23-52-22-17-46-34(48)25-29(3)37(46)49/h7-9,12,24,29,52H,4-6,10-11,13-23,25-27H2,1-3H3,(H3,39,40,41,42). The Hall–Kier alpha value is -3.64. The molecule has 2 atom stereocenters. The number of unbranched alkanes of at least 4 members (excludes halogenated alkanes) is 2. The Morgan fingerprint density at radius 1 is 1.00 bits per heavy atom. The lowest BCUT2D eigenvalue weighted by molar-refractivity contribution is -0.139. The van der Waals surface area contributed by atoms with Crippen LogP contribution in [-0.2, 0) is 36.9 Å². The Morgan fingerprint density at radius 2 is 1.79 bits per heavy atom. The van der Waals surface area contributed by atoms with E-state index in [1.165, 1.54) is 34.4 Å². The number of hydrogen-bond acceptors (Lipinski definition) is 10. The number of fused-ring (bicyclic) bond motifs is 1. The van der Waals surface area contributed by atoms with Gasteiger partial charge in [-0.05, 0) is 48.4 Å². The van der Waals surface area contributed by atoms with E-state index >= 15 is 0 Å². The molecule has 0 aliphatic carbocycles. The number of amides is 3. The van der Waals surface area contributed by atoms with Crippen molar-refractivity contribution in [2.45, 2.75) is 66.0 Å². The smallest absolute Gasteiger partial charge is 0.232 e. The van der Waals surface area contributed by atoms with Crippen LogP contribution in [0.3, 0.4) is 0 Å². The number of nitrogens with two attached hydrogens (primary N) is 1. The van der Waals surface area contributed by atoms with Gasteiger partial charge in [-0.2, -0.15) is 4.98 Å². The average molecular weight is 737 g/mol. The van der Waals surface area contributed by atoms with Crippen molar-refractivity contribution in [2.75, 3.05) is 89.1 Å². The summed E-state index contributed by atoms with van der Waals surface area (Å²) in [5.74, 6) is 0.939. The number of nitrogens with one attached hydrogen (secondary N) is 1. The fourth-order valence-electron chi connectivity index (χ4n) is 6.78. The maximum atomic E-state index is 12.8. The summed E-state index contributed by atoms with van der Waals surface area (Å²) in [6.07, 6.45) is 7.92. The fourth-order valence-corrected chi connectivity index (χ4v) is 7.70. The minimum absolute atomic E-state index is 0.0423. The number of piperazine rings is 1. The quantitative estimate of drug-likeness (QED) is 0.0931. The van der Waals surface area contributed by atoms with Gasteiger partial charge in [-0.1, -0.05) is 44.9 Å². The summed E-state index contributed by atoms with van der Waals surface area (Å²) in [5, 5.41) is 3.48. The number of likely N-dealkylation sites (tertiary alicyclic amines) is 1. The zero-order valence-electron chi connectivity index (χ0n) is 31.2. The van der Waals surface area contributed by atoms with E-state index in [0.717, 1.165) is 81.4 Å². The van der Waals surface area contributed by atoms with E-state index in [1.807, 2.05) is 17.9 Å². The number of nitrogen functional groups attached to an aromatic ring is 1. The van der Waals surface area contributed by atoms with Gasteiger partial charge >= 0.3 is 0 Å². The van der Waals surface area contributed by atoms with E-state index in [4.69, 9.17) is 15.2 Å². The van der Waals surface area contributed by atoms with Crippen LogP contribution in [0.1, 0.15) is 62.6 Å². The predicted octanol–water partition coefficient (Wildman–Crippen LogP) is 4.11. The van der Waals surface area contributed by atoms with Crippen molar-refractivity contribution in [3.05, 3.63) is 47.2 Å². The molecule has 2 aliphatic rings. The van der Waals surface area contributed by atoms with Gasteiger partial charge in [-0.3, -0.25) is 24.2 Å². The fraction of sp³-hybridized carbons (Fsp3) is 0.605. The zero-order valence-corrected chi connectivity index (χ0v) is 32.2. The number of rotatable bonds is 21. The molecule has 284 valence electrons. The molecule has 2 saturated heterocycles. The lowest BCUT2D eigenvalue weighted by Crippen LogP contribution is -2.48. The van der Waals surface area contributed by atoms with Crippen LogP contribution in [0.4, 0.5) is 11.8 Å². The number of aromatic nitrogens is 3. The van der Waals surface area contributed by atoms with Gasteiger partial charge in [0.1, 0.15) is 5.52 Å². The first-order chi connectivity index (χ1) is 25.2. The van der Waals surface area contributed by atoms with Crippen LogP contribution in [0, 0.1) is 12.8 Å². The van der Waals surface area contributed by atoms with Crippen LogP contribution in [0.25, 0.3) is 11.0 Å². The second-order valence-electron chi connectivity index (χ2n) is 13.9. The number of benzene rings is 1. The molecule has 1 aromatic carbocycles. The summed E-state index contributed by atoms with van der Waals surface area (Å²) in [7, 11) is 0.647. The van der Waals surface area contributed by atoms with E-state index in [0.29, 0.717) is 54.4 Å². The van der Waals surface area contributed by atoms with Crippen molar-refractivity contribution >= 4 is 49.1 Å². The summed E-state index contributed by atoms with van der Waals surface area (Å²) < 4.78 is 13.5. The first-order valence-corrected chi connectivity index (χ1v) is 20.3. The highest BCUT2D eigenvalue weighted by Crippen LogP contribution is 2.25. The summed E-state index contributed by atoms with van der Waals surface area (Å²) >= 11 is 0. The number of nitrogens with zero attached hydrogens (tertiary/aromatic N) is 6. The molecule has 4 heterocycles. The highest BCUT2D eigenvalue weighted by molar-refractivity contribution is 7.38. The maximum absolute atomic E-state index is 12.8. The van der Waals surface area contributed by atoms with Gasteiger partial charge in [-0.15, -0.1) is 8.58 Å². The highest BCUT2D eigenvalue weighted by Gasteiger charge is 2.34. The topological polar surface area (TPSA) is 148 Å². The van der Waals surface area contributed by atoms with E-state index in [2.05, 4.69) is 63.0 Å². The molecule has 2 unspecified atom stereocenters. The monoisotopic (exact) mass is 736 g/mol. The zero-order chi connectivity index (χ0) is 36.9. The second kappa shape index (κ2) is 20.0. The van der Waals surface area contributed by atoms with Crippen LogP contribution in [0.15, 0.2) is 30.5 Å². The Morgan fingerprint density at radius 3 is 2.52 bits per heavy atom. The molecule has 0 saturated carbocycles. The summed E-state index contributed by atoms with van der Waals surface area (Å²) in [6.45, 7) is 14.2. The third-order valence-corrected chi connectivity index (χ3v) is 11.0. The van der Waals surface area contributed by atoms with Gasteiger partial charge in [-0.25, -0.2) is 4.98 Å². The van der Waals surface area contributed by atoms with E-state index < -0.39 is 0 Å². The SMILES string of the molecule is CCCCCNc1nc(N)nc2ccn(Cc3ccc(CN4CCN(C(=O)CCOCCOCCPCCN5C(=O)CC(C)C5=O)CC4)cc3C)c12. The molecule has 2 aliphatic heterocycles. The van der Waals surface area contributed by atoms with Crippen molar-refractivity contribution in [2.24, 2.45) is 5.92 Å². The minimum atomic E-state index is -0.176. The number of imide groups is 1. The van der Waals surface area contributed by atoms with Crippen LogP contribution < -0.4 is 11.1 Å². The van der Waals surface area contributed by atoms with Gasteiger partial charge in [0.05, 0.1) is 38.4 Å². The highest BCUT2D eigenvalue weighted by atomic mass is 31.1. The maximum Gasteiger partial charge on any atom is 0.232 e. The van der Waals surface area contributed by atoms with E-state index in [1.54, 1.807) is 0 Å². The Labute approximate surface area is 309 Å². The van der Waals surface area contributed by atoms with Gasteiger partial charge in [0, 0.05) is 70.9 Å². The molecule has 3 aromatic rings. The first-order valence-electron chi connectivity index (χ1n) is 18.9. The van der Waals surface area contributed by atoms with Crippen LogP contribution in [0.5, 0.6) is 0 Å².